The lowest BCUT2D eigenvalue weighted by Gasteiger charge is -1.99. The number of hydrogen-bond donors (Lipinski definition) is 1. The summed E-state index contributed by atoms with van der Waals surface area (Å²) in [5.41, 5.74) is 6.84. The van der Waals surface area contributed by atoms with Gasteiger partial charge in [-0.25, -0.2) is 0 Å². The molecule has 1 amide bonds. The summed E-state index contributed by atoms with van der Waals surface area (Å²) in [6.45, 7) is 0. The number of aromatic nitrogens is 2. The maximum atomic E-state index is 10.8. The molecule has 0 saturated heterocycles. The van der Waals surface area contributed by atoms with Gasteiger partial charge < -0.3 is 10.3 Å². The Morgan fingerprint density at radius 3 is 3.07 bits per heavy atom. The van der Waals surface area contributed by atoms with Gasteiger partial charge in [0.25, 0.3) is 0 Å². The van der Waals surface area contributed by atoms with E-state index in [1.54, 1.807) is 6.20 Å². The summed E-state index contributed by atoms with van der Waals surface area (Å²) in [4.78, 5) is 14.9. The normalized spacial score (nSPS) is 10.8. The molecule has 0 aliphatic rings. The van der Waals surface area contributed by atoms with Crippen LogP contribution < -0.4 is 5.73 Å². The topological polar surface area (TPSA) is 60.9 Å². The third-order valence-corrected chi connectivity index (χ3v) is 2.87. The van der Waals surface area contributed by atoms with Crippen molar-refractivity contribution in [2.24, 2.45) is 12.8 Å². The summed E-state index contributed by atoms with van der Waals surface area (Å²) in [5, 5.41) is 1.05. The third-order valence-electron chi connectivity index (χ3n) is 2.24. The second kappa shape index (κ2) is 3.66. The Kier molecular flexibility index (Phi) is 2.48. The van der Waals surface area contributed by atoms with E-state index in [1.807, 2.05) is 23.9 Å². The molecule has 2 rings (SSSR count). The lowest BCUT2D eigenvalue weighted by atomic mass is 10.2. The first-order valence-corrected chi connectivity index (χ1v) is 5.25. The Hall–Kier alpha value is -1.36. The van der Waals surface area contributed by atoms with Crippen molar-refractivity contribution in [2.75, 3.05) is 0 Å². The number of primary amides is 1. The summed E-state index contributed by atoms with van der Waals surface area (Å²) >= 11 is 3.45. The molecule has 4 nitrogen and oxygen atoms in total. The van der Waals surface area contributed by atoms with E-state index in [1.165, 1.54) is 0 Å². The first-order chi connectivity index (χ1) is 7.08. The van der Waals surface area contributed by atoms with Crippen LogP contribution in [0, 0.1) is 0 Å². The smallest absolute Gasteiger partial charge is 0.223 e. The highest BCUT2D eigenvalue weighted by Crippen LogP contribution is 2.25. The molecule has 0 aliphatic heterocycles. The molecule has 5 heteroatoms. The van der Waals surface area contributed by atoms with Crippen molar-refractivity contribution in [3.8, 4) is 0 Å². The van der Waals surface area contributed by atoms with E-state index in [-0.39, 0.29) is 12.3 Å². The molecule has 0 fully saturated rings. The summed E-state index contributed by atoms with van der Waals surface area (Å²) in [6, 6.07) is 1.88. The Bertz CT molecular complexity index is 533. The van der Waals surface area contributed by atoms with Crippen LogP contribution in [0.2, 0.25) is 0 Å². The van der Waals surface area contributed by atoms with E-state index in [9.17, 15) is 4.79 Å². The van der Waals surface area contributed by atoms with Crippen LogP contribution in [0.15, 0.2) is 22.9 Å². The highest BCUT2D eigenvalue weighted by molar-refractivity contribution is 9.10. The number of fused-ring (bicyclic) bond motifs is 1. The zero-order valence-corrected chi connectivity index (χ0v) is 9.78. The molecule has 0 aliphatic carbocycles. The fraction of sp³-hybridized carbons (Fsp3) is 0.200. The van der Waals surface area contributed by atoms with Crippen LogP contribution in [0.1, 0.15) is 5.69 Å². The number of nitrogens with zero attached hydrogens (tertiary/aromatic N) is 2. The van der Waals surface area contributed by atoms with E-state index >= 15 is 0 Å². The van der Waals surface area contributed by atoms with Crippen molar-refractivity contribution in [1.29, 1.82) is 0 Å². The lowest BCUT2D eigenvalue weighted by Crippen LogP contribution is -2.14. The second-order valence-corrected chi connectivity index (χ2v) is 4.28. The SMILES string of the molecule is Cn1cc(Br)c2cc(CC(N)=O)ncc21. The lowest BCUT2D eigenvalue weighted by molar-refractivity contribution is -0.117. The highest BCUT2D eigenvalue weighted by atomic mass is 79.9. The van der Waals surface area contributed by atoms with Crippen molar-refractivity contribution < 1.29 is 4.79 Å². The molecule has 2 aromatic heterocycles. The van der Waals surface area contributed by atoms with Crippen LogP contribution in [0.5, 0.6) is 0 Å². The Labute approximate surface area is 95.2 Å². The van der Waals surface area contributed by atoms with Gasteiger partial charge in [0.1, 0.15) is 0 Å². The summed E-state index contributed by atoms with van der Waals surface area (Å²) in [7, 11) is 1.95. The van der Waals surface area contributed by atoms with Gasteiger partial charge in [0.05, 0.1) is 23.8 Å². The van der Waals surface area contributed by atoms with Gasteiger partial charge in [0, 0.05) is 23.1 Å². The van der Waals surface area contributed by atoms with Gasteiger partial charge >= 0.3 is 0 Å². The molecule has 78 valence electrons. The van der Waals surface area contributed by atoms with Gasteiger partial charge in [-0.3, -0.25) is 9.78 Å². The van der Waals surface area contributed by atoms with Crippen LogP contribution in [0.4, 0.5) is 0 Å². The molecule has 0 saturated carbocycles. The quantitative estimate of drug-likeness (QED) is 0.894. The molecular formula is C10H10BrN3O. The zero-order valence-electron chi connectivity index (χ0n) is 8.20. The van der Waals surface area contributed by atoms with Gasteiger partial charge in [0.2, 0.25) is 5.91 Å². The maximum absolute atomic E-state index is 10.8. The largest absolute Gasteiger partial charge is 0.369 e. The Balaban J connectivity index is 2.55. The van der Waals surface area contributed by atoms with Crippen molar-refractivity contribution in [1.82, 2.24) is 9.55 Å². The molecule has 2 heterocycles. The molecule has 0 spiro atoms. The van der Waals surface area contributed by atoms with Gasteiger partial charge in [-0.2, -0.15) is 0 Å². The van der Waals surface area contributed by atoms with Crippen LogP contribution in [-0.4, -0.2) is 15.5 Å². The first-order valence-electron chi connectivity index (χ1n) is 4.45. The number of carbonyl (C=O) groups is 1. The third kappa shape index (κ3) is 1.87. The molecule has 0 aromatic carbocycles. The summed E-state index contributed by atoms with van der Waals surface area (Å²) in [6.07, 6.45) is 3.88. The van der Waals surface area contributed by atoms with Crippen LogP contribution in [0.25, 0.3) is 10.9 Å². The fourth-order valence-electron chi connectivity index (χ4n) is 1.55. The number of carbonyl (C=O) groups excluding carboxylic acids is 1. The molecule has 0 unspecified atom stereocenters. The average molecular weight is 268 g/mol. The number of aryl methyl sites for hydroxylation is 1. The molecule has 2 aromatic rings. The standard InChI is InChI=1S/C10H10BrN3O/c1-14-5-8(11)7-2-6(3-10(12)15)13-4-9(7)14/h2,4-5H,3H2,1H3,(H2,12,15). The maximum Gasteiger partial charge on any atom is 0.223 e. The number of amides is 1. The number of pyridine rings is 1. The van der Waals surface area contributed by atoms with Crippen molar-refractivity contribution >= 4 is 32.7 Å². The van der Waals surface area contributed by atoms with Gasteiger partial charge in [-0.1, -0.05) is 0 Å². The van der Waals surface area contributed by atoms with Crippen LogP contribution in [0.3, 0.4) is 0 Å². The fourth-order valence-corrected chi connectivity index (χ4v) is 2.17. The number of nitrogens with two attached hydrogens (primary N) is 1. The second-order valence-electron chi connectivity index (χ2n) is 3.42. The number of hydrogen-bond acceptors (Lipinski definition) is 2. The molecule has 2 N–H and O–H groups in total. The van der Waals surface area contributed by atoms with E-state index in [0.717, 1.165) is 15.4 Å². The van der Waals surface area contributed by atoms with Gasteiger partial charge in [0.15, 0.2) is 0 Å². The van der Waals surface area contributed by atoms with Crippen molar-refractivity contribution in [3.63, 3.8) is 0 Å². The number of halogens is 1. The molecule has 0 atom stereocenters. The first kappa shape index (κ1) is 10.2. The minimum atomic E-state index is -0.367. The summed E-state index contributed by atoms with van der Waals surface area (Å²) < 4.78 is 2.97. The van der Waals surface area contributed by atoms with Crippen LogP contribution >= 0.6 is 15.9 Å². The molecule has 0 bridgehead atoms. The van der Waals surface area contributed by atoms with Crippen molar-refractivity contribution in [3.05, 3.63) is 28.6 Å². The highest BCUT2D eigenvalue weighted by Gasteiger charge is 2.07. The Morgan fingerprint density at radius 1 is 1.67 bits per heavy atom. The molecule has 0 radical (unpaired) electrons. The molecular weight excluding hydrogens is 258 g/mol. The minimum Gasteiger partial charge on any atom is -0.369 e. The van der Waals surface area contributed by atoms with E-state index < -0.39 is 0 Å². The van der Waals surface area contributed by atoms with Gasteiger partial charge in [-0.05, 0) is 22.0 Å². The van der Waals surface area contributed by atoms with E-state index in [2.05, 4.69) is 20.9 Å². The zero-order chi connectivity index (χ0) is 11.0. The molecule has 15 heavy (non-hydrogen) atoms. The van der Waals surface area contributed by atoms with Gasteiger partial charge in [-0.15, -0.1) is 0 Å². The monoisotopic (exact) mass is 267 g/mol. The predicted octanol–water partition coefficient (Wildman–Crippen LogP) is 1.36. The van der Waals surface area contributed by atoms with Crippen molar-refractivity contribution in [2.45, 2.75) is 6.42 Å². The van der Waals surface area contributed by atoms with E-state index in [0.29, 0.717) is 5.69 Å². The van der Waals surface area contributed by atoms with E-state index in [4.69, 9.17) is 5.73 Å². The minimum absolute atomic E-state index is 0.178. The number of rotatable bonds is 2. The predicted molar refractivity (Wildman–Crippen MR) is 61.3 cm³/mol. The average Bonchev–Trinajstić information content (AvgIpc) is 2.41. The summed E-state index contributed by atoms with van der Waals surface area (Å²) in [5.74, 6) is -0.367. The Morgan fingerprint density at radius 2 is 2.40 bits per heavy atom. The van der Waals surface area contributed by atoms with Crippen LogP contribution in [-0.2, 0) is 18.3 Å².